The number of carbonyl (C=O) groups is 1. The van der Waals surface area contributed by atoms with Gasteiger partial charge in [-0.15, -0.1) is 0 Å². The largest absolute Gasteiger partial charge is 0.389 e. The molecule has 1 saturated carbocycles. The van der Waals surface area contributed by atoms with Crippen molar-refractivity contribution in [2.24, 2.45) is 5.92 Å². The third-order valence-electron chi connectivity index (χ3n) is 3.33. The van der Waals surface area contributed by atoms with Crippen molar-refractivity contribution in [3.63, 3.8) is 0 Å². The highest BCUT2D eigenvalue weighted by atomic mass is 16.5. The van der Waals surface area contributed by atoms with E-state index in [9.17, 15) is 9.90 Å². The van der Waals surface area contributed by atoms with Crippen LogP contribution < -0.4 is 5.32 Å². The molecule has 0 bridgehead atoms. The highest BCUT2D eigenvalue weighted by Gasteiger charge is 2.21. The molecule has 1 amide bonds. The van der Waals surface area contributed by atoms with Crippen LogP contribution in [-0.2, 0) is 4.74 Å². The predicted octanol–water partition coefficient (Wildman–Crippen LogP) is 1.22. The predicted molar refractivity (Wildman–Crippen MR) is 75.6 cm³/mol. The first-order chi connectivity index (χ1) is 9.56. The average Bonchev–Trinajstić information content (AvgIpc) is 3.20. The Labute approximate surface area is 119 Å². The van der Waals surface area contributed by atoms with Gasteiger partial charge in [0.25, 0.3) is 5.91 Å². The molecule has 2 rings (SSSR count). The zero-order chi connectivity index (χ0) is 14.5. The van der Waals surface area contributed by atoms with Gasteiger partial charge in [0.15, 0.2) is 0 Å². The normalized spacial score (nSPS) is 15.9. The molecule has 0 radical (unpaired) electrons. The fourth-order valence-corrected chi connectivity index (χ4v) is 1.95. The number of carbonyl (C=O) groups excluding carboxylic acids is 1. The molecular weight excluding hydrogens is 256 g/mol. The van der Waals surface area contributed by atoms with Crippen LogP contribution in [-0.4, -0.2) is 41.9 Å². The summed E-state index contributed by atoms with van der Waals surface area (Å²) in [5.74, 6) is 0.467. The molecule has 1 unspecified atom stereocenters. The van der Waals surface area contributed by atoms with E-state index in [-0.39, 0.29) is 19.1 Å². The highest BCUT2D eigenvalue weighted by molar-refractivity contribution is 5.95. The summed E-state index contributed by atoms with van der Waals surface area (Å²) in [4.78, 5) is 16.2. The van der Waals surface area contributed by atoms with Crippen molar-refractivity contribution in [1.82, 2.24) is 10.3 Å². The first-order valence-electron chi connectivity index (χ1n) is 7.04. The quantitative estimate of drug-likeness (QED) is 0.786. The van der Waals surface area contributed by atoms with Gasteiger partial charge in [0.2, 0.25) is 0 Å². The molecule has 1 aliphatic carbocycles. The second kappa shape index (κ2) is 6.81. The number of nitrogens with zero attached hydrogens (tertiary/aromatic N) is 1. The van der Waals surface area contributed by atoms with Crippen molar-refractivity contribution in [3.8, 4) is 0 Å². The van der Waals surface area contributed by atoms with Crippen molar-refractivity contribution >= 4 is 5.91 Å². The Morgan fingerprint density at radius 2 is 2.25 bits per heavy atom. The fraction of sp³-hybridized carbons (Fsp3) is 0.600. The van der Waals surface area contributed by atoms with Gasteiger partial charge in [0.05, 0.1) is 24.0 Å². The summed E-state index contributed by atoms with van der Waals surface area (Å²) in [6.45, 7) is 4.86. The molecular formula is C15H22N2O3. The maximum atomic E-state index is 12.0. The number of rotatable bonds is 7. The van der Waals surface area contributed by atoms with Gasteiger partial charge in [0, 0.05) is 18.8 Å². The fourth-order valence-electron chi connectivity index (χ4n) is 1.95. The molecule has 0 aliphatic heterocycles. The van der Waals surface area contributed by atoms with E-state index in [1.807, 2.05) is 6.92 Å². The lowest BCUT2D eigenvalue weighted by molar-refractivity contribution is 0.0320. The first-order valence-corrected chi connectivity index (χ1v) is 7.04. The van der Waals surface area contributed by atoms with E-state index in [2.05, 4.69) is 10.3 Å². The van der Waals surface area contributed by atoms with Crippen LogP contribution >= 0.6 is 0 Å². The molecule has 1 aromatic rings. The lowest BCUT2D eigenvalue weighted by Crippen LogP contribution is -2.35. The third-order valence-corrected chi connectivity index (χ3v) is 3.33. The smallest absolute Gasteiger partial charge is 0.253 e. The van der Waals surface area contributed by atoms with E-state index in [0.717, 1.165) is 5.69 Å². The minimum atomic E-state index is -0.670. The molecule has 110 valence electrons. The molecule has 1 aliphatic rings. The average molecular weight is 278 g/mol. The lowest BCUT2D eigenvalue weighted by atomic mass is 10.1. The lowest BCUT2D eigenvalue weighted by Gasteiger charge is -2.13. The van der Waals surface area contributed by atoms with Crippen LogP contribution in [0.15, 0.2) is 12.1 Å². The Bertz CT molecular complexity index is 472. The van der Waals surface area contributed by atoms with Crippen molar-refractivity contribution < 1.29 is 14.6 Å². The van der Waals surface area contributed by atoms with E-state index >= 15 is 0 Å². The molecule has 5 nitrogen and oxygen atoms in total. The van der Waals surface area contributed by atoms with Crippen LogP contribution in [0.3, 0.4) is 0 Å². The number of ether oxygens (including phenoxy) is 1. The number of aliphatic hydroxyl groups excluding tert-OH is 1. The molecule has 1 aromatic heterocycles. The molecule has 0 saturated heterocycles. The van der Waals surface area contributed by atoms with Crippen LogP contribution in [0.2, 0.25) is 0 Å². The number of pyridine rings is 1. The van der Waals surface area contributed by atoms with Gasteiger partial charge >= 0.3 is 0 Å². The maximum Gasteiger partial charge on any atom is 0.253 e. The monoisotopic (exact) mass is 278 g/mol. The molecule has 2 N–H and O–H groups in total. The van der Waals surface area contributed by atoms with Crippen molar-refractivity contribution in [2.45, 2.75) is 32.8 Å². The van der Waals surface area contributed by atoms with Crippen molar-refractivity contribution in [3.05, 3.63) is 29.1 Å². The van der Waals surface area contributed by atoms with Crippen LogP contribution in [0.25, 0.3) is 0 Å². The number of nitrogens with one attached hydrogen (secondary N) is 1. The van der Waals surface area contributed by atoms with E-state index < -0.39 is 6.10 Å². The van der Waals surface area contributed by atoms with E-state index in [0.29, 0.717) is 23.8 Å². The molecule has 0 spiro atoms. The molecule has 1 atom stereocenters. The summed E-state index contributed by atoms with van der Waals surface area (Å²) in [6.07, 6.45) is 1.79. The minimum absolute atomic E-state index is 0.191. The molecule has 1 fully saturated rings. The Hall–Kier alpha value is -1.46. The first kappa shape index (κ1) is 14.9. The third kappa shape index (κ3) is 4.58. The number of aryl methyl sites for hydroxylation is 2. The number of amides is 1. The van der Waals surface area contributed by atoms with Gasteiger partial charge in [-0.1, -0.05) is 0 Å². The van der Waals surface area contributed by atoms with E-state index in [4.69, 9.17) is 4.74 Å². The van der Waals surface area contributed by atoms with Gasteiger partial charge in [-0.3, -0.25) is 9.78 Å². The molecule has 1 heterocycles. The van der Waals surface area contributed by atoms with Gasteiger partial charge in [-0.05, 0) is 44.7 Å². The summed E-state index contributed by atoms with van der Waals surface area (Å²) in [5, 5.41) is 12.4. The Morgan fingerprint density at radius 3 is 2.90 bits per heavy atom. The topological polar surface area (TPSA) is 71.5 Å². The molecule has 0 aromatic carbocycles. The SMILES string of the molecule is Cc1ccc(C(=O)NCC(O)COCC2CC2)c(C)n1. The number of hydrogen-bond donors (Lipinski definition) is 2. The summed E-state index contributed by atoms with van der Waals surface area (Å²) in [5.41, 5.74) is 2.12. The summed E-state index contributed by atoms with van der Waals surface area (Å²) in [7, 11) is 0. The summed E-state index contributed by atoms with van der Waals surface area (Å²) in [6, 6.07) is 3.56. The Balaban J connectivity index is 1.72. The number of aliphatic hydroxyl groups is 1. The maximum absolute atomic E-state index is 12.0. The Kier molecular flexibility index (Phi) is 5.09. The standard InChI is InChI=1S/C15H22N2O3/c1-10-3-6-14(11(2)17-10)15(19)16-7-13(18)9-20-8-12-4-5-12/h3,6,12-13,18H,4-5,7-9H2,1-2H3,(H,16,19). The minimum Gasteiger partial charge on any atom is -0.389 e. The zero-order valence-electron chi connectivity index (χ0n) is 12.1. The number of aromatic nitrogens is 1. The second-order valence-electron chi connectivity index (χ2n) is 5.43. The van der Waals surface area contributed by atoms with E-state index in [1.54, 1.807) is 19.1 Å². The molecule has 5 heteroatoms. The van der Waals surface area contributed by atoms with Crippen LogP contribution in [0.5, 0.6) is 0 Å². The zero-order valence-corrected chi connectivity index (χ0v) is 12.1. The van der Waals surface area contributed by atoms with Gasteiger partial charge in [-0.25, -0.2) is 0 Å². The molecule has 20 heavy (non-hydrogen) atoms. The van der Waals surface area contributed by atoms with Crippen molar-refractivity contribution in [2.75, 3.05) is 19.8 Å². The van der Waals surface area contributed by atoms with Crippen molar-refractivity contribution in [1.29, 1.82) is 0 Å². The van der Waals surface area contributed by atoms with Gasteiger partial charge < -0.3 is 15.2 Å². The second-order valence-corrected chi connectivity index (χ2v) is 5.43. The van der Waals surface area contributed by atoms with E-state index in [1.165, 1.54) is 12.8 Å². The van der Waals surface area contributed by atoms with Crippen LogP contribution in [0.4, 0.5) is 0 Å². The van der Waals surface area contributed by atoms with Crippen LogP contribution in [0, 0.1) is 19.8 Å². The van der Waals surface area contributed by atoms with Gasteiger partial charge in [-0.2, -0.15) is 0 Å². The summed E-state index contributed by atoms with van der Waals surface area (Å²) >= 11 is 0. The highest BCUT2D eigenvalue weighted by Crippen LogP contribution is 2.28. The summed E-state index contributed by atoms with van der Waals surface area (Å²) < 4.78 is 5.38. The number of hydrogen-bond acceptors (Lipinski definition) is 4. The van der Waals surface area contributed by atoms with Gasteiger partial charge in [0.1, 0.15) is 0 Å². The Morgan fingerprint density at radius 1 is 1.50 bits per heavy atom. The van der Waals surface area contributed by atoms with Crippen LogP contribution in [0.1, 0.15) is 34.6 Å².